The lowest BCUT2D eigenvalue weighted by Gasteiger charge is -2.31. The van der Waals surface area contributed by atoms with Gasteiger partial charge >= 0.3 is 11.7 Å². The van der Waals surface area contributed by atoms with E-state index in [-0.39, 0.29) is 11.7 Å². The summed E-state index contributed by atoms with van der Waals surface area (Å²) < 4.78 is 3.59. The van der Waals surface area contributed by atoms with Crippen molar-refractivity contribution in [3.8, 4) is 0 Å². The summed E-state index contributed by atoms with van der Waals surface area (Å²) in [5, 5.41) is 6.08. The van der Waals surface area contributed by atoms with Crippen LogP contribution in [0.1, 0.15) is 45.6 Å². The second-order valence-corrected chi connectivity index (χ2v) is 8.27. The van der Waals surface area contributed by atoms with Crippen molar-refractivity contribution in [2.24, 2.45) is 0 Å². The third kappa shape index (κ3) is 4.11. The SMILES string of the molecule is CCc1ccccc1NC(=O)Nc1cc2c(cc1N1CCCCC1)n(CC)c(=O)n2CC. The molecule has 0 spiro atoms. The number of fused-ring (bicyclic) bond motifs is 1. The second kappa shape index (κ2) is 9.51. The van der Waals surface area contributed by atoms with E-state index in [1.54, 1.807) is 4.57 Å². The zero-order valence-electron chi connectivity index (χ0n) is 19.3. The molecule has 2 aromatic carbocycles. The Bertz CT molecular complexity index is 1170. The summed E-state index contributed by atoms with van der Waals surface area (Å²) in [6, 6.07) is 11.6. The molecule has 0 atom stereocenters. The van der Waals surface area contributed by atoms with Gasteiger partial charge in [0.2, 0.25) is 0 Å². The van der Waals surface area contributed by atoms with Crippen LogP contribution in [0, 0.1) is 0 Å². The Kier molecular flexibility index (Phi) is 6.53. The topological polar surface area (TPSA) is 71.3 Å². The molecule has 7 heteroatoms. The van der Waals surface area contributed by atoms with E-state index in [9.17, 15) is 9.59 Å². The molecule has 2 N–H and O–H groups in total. The molecule has 0 bridgehead atoms. The maximum Gasteiger partial charge on any atom is 0.329 e. The number of rotatable bonds is 6. The van der Waals surface area contributed by atoms with E-state index in [2.05, 4.69) is 28.5 Å². The number of nitrogens with one attached hydrogen (secondary N) is 2. The molecule has 2 amide bonds. The van der Waals surface area contributed by atoms with Crippen LogP contribution in [0.5, 0.6) is 0 Å². The fourth-order valence-corrected chi connectivity index (χ4v) is 4.68. The summed E-state index contributed by atoms with van der Waals surface area (Å²) >= 11 is 0. The molecule has 3 aromatic rings. The summed E-state index contributed by atoms with van der Waals surface area (Å²) in [5.41, 5.74) is 5.39. The molecule has 0 aliphatic carbocycles. The van der Waals surface area contributed by atoms with E-state index in [0.717, 1.165) is 66.0 Å². The fourth-order valence-electron chi connectivity index (χ4n) is 4.68. The molecule has 0 unspecified atom stereocenters. The lowest BCUT2D eigenvalue weighted by molar-refractivity contribution is 0.262. The molecule has 1 aliphatic rings. The maximum atomic E-state index is 13.0. The van der Waals surface area contributed by atoms with E-state index < -0.39 is 0 Å². The zero-order valence-corrected chi connectivity index (χ0v) is 19.3. The minimum Gasteiger partial charge on any atom is -0.370 e. The highest BCUT2D eigenvalue weighted by molar-refractivity contribution is 6.04. The van der Waals surface area contributed by atoms with Gasteiger partial charge in [-0.2, -0.15) is 0 Å². The number of hydrogen-bond donors (Lipinski definition) is 2. The van der Waals surface area contributed by atoms with Crippen LogP contribution in [-0.2, 0) is 19.5 Å². The number of para-hydroxylation sites is 1. The second-order valence-electron chi connectivity index (χ2n) is 8.27. The average molecular weight is 436 g/mol. The number of aryl methyl sites for hydroxylation is 3. The van der Waals surface area contributed by atoms with Crippen molar-refractivity contribution in [1.82, 2.24) is 9.13 Å². The number of urea groups is 1. The van der Waals surface area contributed by atoms with Crippen molar-refractivity contribution in [1.29, 1.82) is 0 Å². The van der Waals surface area contributed by atoms with Crippen molar-refractivity contribution in [2.45, 2.75) is 59.5 Å². The molecular weight excluding hydrogens is 402 g/mol. The van der Waals surface area contributed by atoms with E-state index in [4.69, 9.17) is 0 Å². The molecule has 1 aliphatic heterocycles. The first-order valence-electron chi connectivity index (χ1n) is 11.7. The van der Waals surface area contributed by atoms with Gasteiger partial charge in [0.05, 0.1) is 22.4 Å². The van der Waals surface area contributed by atoms with E-state index in [0.29, 0.717) is 13.1 Å². The molecule has 32 heavy (non-hydrogen) atoms. The van der Waals surface area contributed by atoms with Crippen molar-refractivity contribution in [3.63, 3.8) is 0 Å². The molecule has 4 rings (SSSR count). The summed E-state index contributed by atoms with van der Waals surface area (Å²) in [7, 11) is 0. The predicted octanol–water partition coefficient (Wildman–Crippen LogP) is 5.04. The van der Waals surface area contributed by atoms with Gasteiger partial charge in [-0.3, -0.25) is 9.13 Å². The highest BCUT2D eigenvalue weighted by Gasteiger charge is 2.21. The van der Waals surface area contributed by atoms with Crippen molar-refractivity contribution >= 4 is 34.1 Å². The van der Waals surface area contributed by atoms with Gasteiger partial charge in [0.25, 0.3) is 0 Å². The predicted molar refractivity (Wildman–Crippen MR) is 132 cm³/mol. The summed E-state index contributed by atoms with van der Waals surface area (Å²) in [4.78, 5) is 28.2. The summed E-state index contributed by atoms with van der Waals surface area (Å²) in [5.74, 6) is 0. The highest BCUT2D eigenvalue weighted by Crippen LogP contribution is 2.33. The van der Waals surface area contributed by atoms with Crippen molar-refractivity contribution in [3.05, 3.63) is 52.4 Å². The van der Waals surface area contributed by atoms with Gasteiger partial charge in [-0.15, -0.1) is 0 Å². The Morgan fingerprint density at radius 2 is 1.50 bits per heavy atom. The Morgan fingerprint density at radius 3 is 2.16 bits per heavy atom. The van der Waals surface area contributed by atoms with Gasteiger partial charge in [-0.05, 0) is 63.3 Å². The molecule has 1 aromatic heterocycles. The number of benzene rings is 2. The van der Waals surface area contributed by atoms with Crippen LogP contribution in [0.25, 0.3) is 11.0 Å². The Morgan fingerprint density at radius 1 is 0.875 bits per heavy atom. The molecule has 1 saturated heterocycles. The van der Waals surface area contributed by atoms with Crippen LogP contribution in [0.15, 0.2) is 41.2 Å². The van der Waals surface area contributed by atoms with Crippen LogP contribution in [-0.4, -0.2) is 28.3 Å². The number of aromatic nitrogens is 2. The van der Waals surface area contributed by atoms with Crippen LogP contribution in [0.4, 0.5) is 21.9 Å². The van der Waals surface area contributed by atoms with Crippen LogP contribution >= 0.6 is 0 Å². The number of carbonyl (C=O) groups is 1. The Balaban J connectivity index is 1.75. The van der Waals surface area contributed by atoms with Crippen LogP contribution < -0.4 is 21.2 Å². The van der Waals surface area contributed by atoms with Gasteiger partial charge in [0, 0.05) is 31.9 Å². The van der Waals surface area contributed by atoms with Gasteiger partial charge in [0.15, 0.2) is 0 Å². The van der Waals surface area contributed by atoms with Gasteiger partial charge in [0.1, 0.15) is 0 Å². The number of amides is 2. The van der Waals surface area contributed by atoms with E-state index in [1.165, 1.54) is 6.42 Å². The third-order valence-electron chi connectivity index (χ3n) is 6.36. The van der Waals surface area contributed by atoms with E-state index >= 15 is 0 Å². The summed E-state index contributed by atoms with van der Waals surface area (Å²) in [6.45, 7) is 9.14. The number of imidazole rings is 1. The first-order valence-corrected chi connectivity index (χ1v) is 11.7. The average Bonchev–Trinajstić information content (AvgIpc) is 3.08. The smallest absolute Gasteiger partial charge is 0.329 e. The molecule has 1 fully saturated rings. The molecule has 2 heterocycles. The van der Waals surface area contributed by atoms with Crippen molar-refractivity contribution in [2.75, 3.05) is 28.6 Å². The minimum absolute atomic E-state index is 0.00642. The minimum atomic E-state index is -0.274. The normalized spacial score (nSPS) is 14.0. The number of piperidine rings is 1. The standard InChI is InChI=1S/C25H33N5O2/c1-4-18-12-8-9-13-19(18)26-24(31)27-20-16-22-23(30(6-3)25(32)29(22)5-2)17-21(20)28-14-10-7-11-15-28/h8-9,12-13,16-17H,4-7,10-11,14-15H2,1-3H3,(H2,26,27,31). The number of carbonyl (C=O) groups excluding carboxylic acids is 1. The Labute approximate surface area is 189 Å². The van der Waals surface area contributed by atoms with Crippen molar-refractivity contribution < 1.29 is 4.79 Å². The molecule has 0 radical (unpaired) electrons. The number of nitrogens with zero attached hydrogens (tertiary/aromatic N) is 3. The Hall–Kier alpha value is -3.22. The lowest BCUT2D eigenvalue weighted by Crippen LogP contribution is -2.31. The molecule has 170 valence electrons. The monoisotopic (exact) mass is 435 g/mol. The first kappa shape index (κ1) is 22.0. The summed E-state index contributed by atoms with van der Waals surface area (Å²) in [6.07, 6.45) is 4.32. The maximum absolute atomic E-state index is 13.0. The van der Waals surface area contributed by atoms with Gasteiger partial charge < -0.3 is 15.5 Å². The first-order chi connectivity index (χ1) is 15.6. The molecular formula is C25H33N5O2. The highest BCUT2D eigenvalue weighted by atomic mass is 16.2. The number of hydrogen-bond acceptors (Lipinski definition) is 3. The molecule has 0 saturated carbocycles. The third-order valence-corrected chi connectivity index (χ3v) is 6.36. The van der Waals surface area contributed by atoms with Gasteiger partial charge in [-0.25, -0.2) is 9.59 Å². The fraction of sp³-hybridized carbons (Fsp3) is 0.440. The van der Waals surface area contributed by atoms with Crippen LogP contribution in [0.3, 0.4) is 0 Å². The largest absolute Gasteiger partial charge is 0.370 e. The lowest BCUT2D eigenvalue weighted by atomic mass is 10.1. The zero-order chi connectivity index (χ0) is 22.7. The quantitative estimate of drug-likeness (QED) is 0.570. The van der Waals surface area contributed by atoms with Crippen LogP contribution in [0.2, 0.25) is 0 Å². The van der Waals surface area contributed by atoms with E-state index in [1.807, 2.05) is 48.7 Å². The number of anilines is 3. The van der Waals surface area contributed by atoms with Gasteiger partial charge in [-0.1, -0.05) is 25.1 Å². The molecule has 7 nitrogen and oxygen atoms in total.